The Balaban J connectivity index is 1.94. The van der Waals surface area contributed by atoms with Crippen LogP contribution in [0.4, 0.5) is 0 Å². The summed E-state index contributed by atoms with van der Waals surface area (Å²) in [6.07, 6.45) is 0.941. The largest absolute Gasteiger partial charge is 0.454 e. The lowest BCUT2D eigenvalue weighted by Crippen LogP contribution is -2.27. The summed E-state index contributed by atoms with van der Waals surface area (Å²) in [5.41, 5.74) is 1.23. The van der Waals surface area contributed by atoms with Crippen molar-refractivity contribution >= 4 is 0 Å². The van der Waals surface area contributed by atoms with E-state index >= 15 is 0 Å². The molecule has 15 heavy (non-hydrogen) atoms. The highest BCUT2D eigenvalue weighted by Crippen LogP contribution is 2.32. The Morgan fingerprint density at radius 1 is 1.47 bits per heavy atom. The zero-order valence-electron chi connectivity index (χ0n) is 9.95. The lowest BCUT2D eigenvalue weighted by Gasteiger charge is -2.12. The summed E-state index contributed by atoms with van der Waals surface area (Å²) >= 11 is 0. The Kier molecular flexibility index (Phi) is 2.73. The molecule has 3 nitrogen and oxygen atoms in total. The highest BCUT2D eigenvalue weighted by molar-refractivity contribution is 5.44. The number of ether oxygens (including phenoxy) is 2. The van der Waals surface area contributed by atoms with Crippen molar-refractivity contribution in [3.63, 3.8) is 0 Å². The van der Waals surface area contributed by atoms with Crippen molar-refractivity contribution < 1.29 is 10.8 Å². The molecule has 0 saturated carbocycles. The third kappa shape index (κ3) is 2.42. The molecule has 0 radical (unpaired) electrons. The summed E-state index contributed by atoms with van der Waals surface area (Å²) in [7, 11) is 0. The van der Waals surface area contributed by atoms with E-state index in [0.717, 1.165) is 24.5 Å². The van der Waals surface area contributed by atoms with Crippen LogP contribution in [0.1, 0.15) is 20.8 Å². The molecule has 0 amide bonds. The second kappa shape index (κ2) is 4.53. The number of benzene rings is 1. The minimum atomic E-state index is 0.325. The van der Waals surface area contributed by atoms with Gasteiger partial charge in [0.1, 0.15) is 0 Å². The fourth-order valence-corrected chi connectivity index (χ4v) is 1.74. The van der Waals surface area contributed by atoms with E-state index in [1.807, 2.05) is 12.1 Å². The molecule has 1 aromatic rings. The third-order valence-electron chi connectivity index (χ3n) is 2.47. The SMILES string of the molecule is [2H]CCNC(C)Cc1ccc2c(c1)OCO2. The predicted octanol–water partition coefficient (Wildman–Crippen LogP) is 1.96. The second-order valence-corrected chi connectivity index (χ2v) is 3.75. The molecule has 1 aromatic carbocycles. The first-order valence-electron chi connectivity index (χ1n) is 5.91. The maximum absolute atomic E-state index is 7.08. The first-order valence-corrected chi connectivity index (χ1v) is 5.21. The second-order valence-electron chi connectivity index (χ2n) is 3.75. The highest BCUT2D eigenvalue weighted by atomic mass is 16.7. The predicted molar refractivity (Wildman–Crippen MR) is 59.4 cm³/mol. The summed E-state index contributed by atoms with van der Waals surface area (Å²) in [4.78, 5) is 0. The molecule has 82 valence electrons. The Hall–Kier alpha value is -1.22. The van der Waals surface area contributed by atoms with Gasteiger partial charge in [-0.1, -0.05) is 13.0 Å². The lowest BCUT2D eigenvalue weighted by molar-refractivity contribution is 0.174. The van der Waals surface area contributed by atoms with Crippen molar-refractivity contribution in [3.05, 3.63) is 23.8 Å². The van der Waals surface area contributed by atoms with E-state index < -0.39 is 0 Å². The minimum absolute atomic E-state index is 0.325. The van der Waals surface area contributed by atoms with Gasteiger partial charge in [-0.3, -0.25) is 0 Å². The van der Waals surface area contributed by atoms with Gasteiger partial charge in [-0.05, 0) is 37.6 Å². The number of likely N-dealkylation sites (N-methyl/N-ethyl adjacent to an activating group) is 1. The molecule has 0 saturated heterocycles. The van der Waals surface area contributed by atoms with E-state index in [4.69, 9.17) is 10.8 Å². The lowest BCUT2D eigenvalue weighted by atomic mass is 10.1. The van der Waals surface area contributed by atoms with Gasteiger partial charge < -0.3 is 14.8 Å². The maximum Gasteiger partial charge on any atom is 0.231 e. The van der Waals surface area contributed by atoms with Crippen LogP contribution in [0.2, 0.25) is 0 Å². The Morgan fingerprint density at radius 2 is 2.33 bits per heavy atom. The van der Waals surface area contributed by atoms with Gasteiger partial charge in [0.15, 0.2) is 11.5 Å². The third-order valence-corrected chi connectivity index (χ3v) is 2.47. The molecule has 1 aliphatic heterocycles. The highest BCUT2D eigenvalue weighted by Gasteiger charge is 2.13. The quantitative estimate of drug-likeness (QED) is 0.820. The van der Waals surface area contributed by atoms with Gasteiger partial charge in [0.2, 0.25) is 6.79 Å². The molecule has 1 aliphatic rings. The van der Waals surface area contributed by atoms with Gasteiger partial charge in [0.05, 0.1) is 0 Å². The summed E-state index contributed by atoms with van der Waals surface area (Å²) in [5.74, 6) is 1.67. The van der Waals surface area contributed by atoms with Gasteiger partial charge in [-0.25, -0.2) is 0 Å². The molecular weight excluding hydrogens is 190 g/mol. The van der Waals surface area contributed by atoms with E-state index in [2.05, 4.69) is 18.3 Å². The topological polar surface area (TPSA) is 30.5 Å². The first-order chi connectivity index (χ1) is 7.79. The Labute approximate surface area is 91.8 Å². The van der Waals surface area contributed by atoms with Crippen LogP contribution < -0.4 is 14.8 Å². The Morgan fingerprint density at radius 3 is 3.20 bits per heavy atom. The number of nitrogens with one attached hydrogen (secondary N) is 1. The van der Waals surface area contributed by atoms with Gasteiger partial charge in [-0.2, -0.15) is 0 Å². The fourth-order valence-electron chi connectivity index (χ4n) is 1.74. The molecule has 0 bridgehead atoms. The van der Waals surface area contributed by atoms with Crippen LogP contribution in [-0.2, 0) is 6.42 Å². The molecule has 3 heteroatoms. The average Bonchev–Trinajstić information content (AvgIpc) is 2.73. The molecule has 0 fully saturated rings. The van der Waals surface area contributed by atoms with E-state index in [-0.39, 0.29) is 0 Å². The average molecular weight is 208 g/mol. The summed E-state index contributed by atoms with van der Waals surface area (Å²) in [6, 6.07) is 6.42. The van der Waals surface area contributed by atoms with Gasteiger partial charge in [0.25, 0.3) is 0 Å². The van der Waals surface area contributed by atoms with E-state index in [1.54, 1.807) is 0 Å². The number of hydrogen-bond donors (Lipinski definition) is 1. The van der Waals surface area contributed by atoms with Crippen molar-refractivity contribution in [1.29, 1.82) is 0 Å². The van der Waals surface area contributed by atoms with E-state index in [9.17, 15) is 0 Å². The van der Waals surface area contributed by atoms with Crippen LogP contribution in [0.15, 0.2) is 18.2 Å². The number of fused-ring (bicyclic) bond motifs is 1. The van der Waals surface area contributed by atoms with Crippen molar-refractivity contribution in [1.82, 2.24) is 5.32 Å². The Bertz CT molecular complexity index is 357. The van der Waals surface area contributed by atoms with Gasteiger partial charge in [0, 0.05) is 7.41 Å². The smallest absolute Gasteiger partial charge is 0.231 e. The van der Waals surface area contributed by atoms with Crippen LogP contribution in [0, 0.1) is 0 Å². The molecular formula is C12H17NO2. The summed E-state index contributed by atoms with van der Waals surface area (Å²) < 4.78 is 17.7. The maximum atomic E-state index is 7.08. The molecule has 1 N–H and O–H groups in total. The monoisotopic (exact) mass is 208 g/mol. The number of rotatable bonds is 4. The van der Waals surface area contributed by atoms with Crippen molar-refractivity contribution in [2.24, 2.45) is 0 Å². The van der Waals surface area contributed by atoms with E-state index in [0.29, 0.717) is 19.7 Å². The molecule has 0 aromatic heterocycles. The summed E-state index contributed by atoms with van der Waals surface area (Å²) in [6.45, 7) is 3.61. The standard InChI is InChI=1S/C12H17NO2/c1-3-13-9(2)6-10-4-5-11-12(7-10)15-8-14-11/h4-5,7,9,13H,3,6,8H2,1-2H3/i1D. The van der Waals surface area contributed by atoms with Crippen molar-refractivity contribution in [2.75, 3.05) is 13.3 Å². The van der Waals surface area contributed by atoms with Crippen molar-refractivity contribution in [3.8, 4) is 11.5 Å². The molecule has 1 heterocycles. The van der Waals surface area contributed by atoms with Gasteiger partial charge in [-0.15, -0.1) is 0 Å². The normalized spacial score (nSPS) is 16.2. The van der Waals surface area contributed by atoms with Crippen molar-refractivity contribution in [2.45, 2.75) is 26.3 Å². The van der Waals surface area contributed by atoms with Gasteiger partial charge >= 0.3 is 0 Å². The fraction of sp³-hybridized carbons (Fsp3) is 0.500. The molecule has 0 aliphatic carbocycles. The van der Waals surface area contributed by atoms with Crippen LogP contribution in [0.3, 0.4) is 0 Å². The van der Waals surface area contributed by atoms with Crippen LogP contribution >= 0.6 is 0 Å². The minimum Gasteiger partial charge on any atom is -0.454 e. The van der Waals surface area contributed by atoms with Crippen LogP contribution in [0.25, 0.3) is 0 Å². The van der Waals surface area contributed by atoms with Crippen LogP contribution in [-0.4, -0.2) is 19.4 Å². The molecule has 1 unspecified atom stereocenters. The molecule has 0 spiro atoms. The van der Waals surface area contributed by atoms with E-state index in [1.165, 1.54) is 5.56 Å². The molecule has 2 rings (SSSR count). The van der Waals surface area contributed by atoms with Crippen LogP contribution in [0.5, 0.6) is 11.5 Å². The zero-order chi connectivity index (χ0) is 11.4. The zero-order valence-corrected chi connectivity index (χ0v) is 8.95. The molecule has 1 atom stereocenters. The first kappa shape index (κ1) is 9.04. The number of hydrogen-bond acceptors (Lipinski definition) is 3. The summed E-state index contributed by atoms with van der Waals surface area (Å²) in [5, 5.41) is 3.29.